The molecule has 0 amide bonds. The first kappa shape index (κ1) is 23.2. The van der Waals surface area contributed by atoms with E-state index in [4.69, 9.17) is 0 Å². The van der Waals surface area contributed by atoms with E-state index in [1.807, 2.05) is 0 Å². The second kappa shape index (κ2) is 14.2. The van der Waals surface area contributed by atoms with E-state index in [9.17, 15) is 0 Å². The lowest BCUT2D eigenvalue weighted by atomic mass is 10.1. The van der Waals surface area contributed by atoms with Gasteiger partial charge in [0.05, 0.1) is 6.54 Å². The molecule has 1 aromatic heterocycles. The largest absolute Gasteiger partial charge is 1.00 e. The zero-order valence-corrected chi connectivity index (χ0v) is 19.0. The van der Waals surface area contributed by atoms with Crippen molar-refractivity contribution in [1.82, 2.24) is 4.57 Å². The van der Waals surface area contributed by atoms with Crippen LogP contribution in [0.3, 0.4) is 0 Å². The number of hydrogen-bond acceptors (Lipinski definition) is 0. The third kappa shape index (κ3) is 8.70. The van der Waals surface area contributed by atoms with Gasteiger partial charge < -0.3 is 24.0 Å². The van der Waals surface area contributed by atoms with Crippen LogP contribution in [0.1, 0.15) is 82.5 Å². The quantitative estimate of drug-likeness (QED) is 0.243. The average Bonchev–Trinajstić information content (AvgIpc) is 2.97. The van der Waals surface area contributed by atoms with Crippen LogP contribution in [-0.2, 0) is 13.1 Å². The van der Waals surface area contributed by atoms with Gasteiger partial charge in [0.2, 0.25) is 0 Å². The Morgan fingerprint density at radius 3 is 2.00 bits per heavy atom. The summed E-state index contributed by atoms with van der Waals surface area (Å²) in [5.41, 5.74) is 1.37. The van der Waals surface area contributed by atoms with E-state index in [2.05, 4.69) is 65.7 Å². The summed E-state index contributed by atoms with van der Waals surface area (Å²) in [7, 11) is 0. The highest BCUT2D eigenvalue weighted by atomic mass is 127. The minimum Gasteiger partial charge on any atom is -1.00 e. The zero-order valence-electron chi connectivity index (χ0n) is 16.8. The molecule has 0 bridgehead atoms. The molecule has 0 fully saturated rings. The molecule has 1 heterocycles. The first-order valence-corrected chi connectivity index (χ1v) is 10.4. The molecule has 3 heteroatoms. The molecular formula is C23H37IN2. The summed E-state index contributed by atoms with van der Waals surface area (Å²) in [5, 5.41) is 0. The number of rotatable bonds is 13. The van der Waals surface area contributed by atoms with Crippen LogP contribution in [0, 0.1) is 6.92 Å². The monoisotopic (exact) mass is 468 g/mol. The number of hydrogen-bond donors (Lipinski definition) is 0. The van der Waals surface area contributed by atoms with E-state index >= 15 is 0 Å². The van der Waals surface area contributed by atoms with Gasteiger partial charge in [0.1, 0.15) is 18.9 Å². The molecule has 0 aliphatic carbocycles. The Balaban J connectivity index is 0.00000338. The number of imidazole rings is 1. The second-order valence-electron chi connectivity index (χ2n) is 7.33. The standard InChI is InChI=1S/C23H37N2.HI/c1-3-4-5-6-7-8-9-10-11-15-18-24-19-20-25(22(24)2)21-23-16-13-12-14-17-23;/h12-14,16-17,19-20H,3-11,15,18,21H2,1-2H3;1H/q+1;/p-1. The van der Waals surface area contributed by atoms with Crippen LogP contribution in [0.15, 0.2) is 42.7 Å². The van der Waals surface area contributed by atoms with Crippen LogP contribution in [0.25, 0.3) is 0 Å². The maximum absolute atomic E-state index is 2.41. The van der Waals surface area contributed by atoms with E-state index in [-0.39, 0.29) is 24.0 Å². The minimum atomic E-state index is 0. The molecule has 2 nitrogen and oxygen atoms in total. The highest BCUT2D eigenvalue weighted by Gasteiger charge is 2.11. The molecule has 0 aliphatic heterocycles. The number of aromatic nitrogens is 2. The van der Waals surface area contributed by atoms with E-state index in [0.29, 0.717) is 0 Å². The summed E-state index contributed by atoms with van der Waals surface area (Å²) in [6, 6.07) is 10.7. The molecule has 26 heavy (non-hydrogen) atoms. The van der Waals surface area contributed by atoms with Gasteiger partial charge in [-0.1, -0.05) is 88.6 Å². The Labute approximate surface area is 178 Å². The van der Waals surface area contributed by atoms with Crippen molar-refractivity contribution in [3.8, 4) is 0 Å². The Kier molecular flexibility index (Phi) is 12.7. The zero-order chi connectivity index (χ0) is 17.7. The van der Waals surface area contributed by atoms with Crippen molar-refractivity contribution in [2.24, 2.45) is 0 Å². The van der Waals surface area contributed by atoms with Gasteiger partial charge in [-0.3, -0.25) is 0 Å². The summed E-state index contributed by atoms with van der Waals surface area (Å²) >= 11 is 0. The Hall–Kier alpha value is -0.840. The Morgan fingerprint density at radius 2 is 1.38 bits per heavy atom. The third-order valence-electron chi connectivity index (χ3n) is 5.21. The van der Waals surface area contributed by atoms with Crippen LogP contribution in [-0.4, -0.2) is 4.57 Å². The third-order valence-corrected chi connectivity index (χ3v) is 5.21. The van der Waals surface area contributed by atoms with Gasteiger partial charge in [-0.05, 0) is 18.4 Å². The summed E-state index contributed by atoms with van der Waals surface area (Å²) < 4.78 is 4.76. The SMILES string of the molecule is CCCCCCCCCCCC[n+]1ccn(Cc2ccccc2)c1C.[I-]. The topological polar surface area (TPSA) is 8.81 Å². The van der Waals surface area contributed by atoms with Crippen molar-refractivity contribution < 1.29 is 28.5 Å². The Morgan fingerprint density at radius 1 is 0.808 bits per heavy atom. The minimum absolute atomic E-state index is 0. The molecule has 146 valence electrons. The van der Waals surface area contributed by atoms with Crippen LogP contribution in [0.5, 0.6) is 0 Å². The highest BCUT2D eigenvalue weighted by Crippen LogP contribution is 2.10. The maximum Gasteiger partial charge on any atom is 0.253 e. The normalized spacial score (nSPS) is 10.7. The van der Waals surface area contributed by atoms with E-state index < -0.39 is 0 Å². The molecule has 0 N–H and O–H groups in total. The van der Waals surface area contributed by atoms with E-state index in [0.717, 1.165) is 13.1 Å². The molecule has 0 radical (unpaired) electrons. The number of unbranched alkanes of at least 4 members (excludes halogenated alkanes) is 9. The molecule has 0 atom stereocenters. The number of halogens is 1. The van der Waals surface area contributed by atoms with Gasteiger partial charge >= 0.3 is 0 Å². The van der Waals surface area contributed by atoms with Gasteiger partial charge in [0, 0.05) is 6.92 Å². The fraction of sp³-hybridized carbons (Fsp3) is 0.609. The lowest BCUT2D eigenvalue weighted by Crippen LogP contribution is -3.00. The molecule has 0 saturated carbocycles. The summed E-state index contributed by atoms with van der Waals surface area (Å²) in [5.74, 6) is 1.36. The second-order valence-corrected chi connectivity index (χ2v) is 7.33. The van der Waals surface area contributed by atoms with Gasteiger partial charge in [0.25, 0.3) is 5.82 Å². The van der Waals surface area contributed by atoms with E-state index in [1.165, 1.54) is 75.6 Å². The van der Waals surface area contributed by atoms with Crippen LogP contribution >= 0.6 is 0 Å². The van der Waals surface area contributed by atoms with Gasteiger partial charge in [0.15, 0.2) is 0 Å². The lowest BCUT2D eigenvalue weighted by Gasteiger charge is -2.03. The average molecular weight is 468 g/mol. The van der Waals surface area contributed by atoms with Crippen LogP contribution in [0.4, 0.5) is 0 Å². The smallest absolute Gasteiger partial charge is 0.253 e. The van der Waals surface area contributed by atoms with Gasteiger partial charge in [-0.25, -0.2) is 9.13 Å². The predicted octanol–water partition coefficient (Wildman–Crippen LogP) is 3.06. The van der Waals surface area contributed by atoms with Gasteiger partial charge in [-0.2, -0.15) is 0 Å². The van der Waals surface area contributed by atoms with Crippen molar-refractivity contribution >= 4 is 0 Å². The summed E-state index contributed by atoms with van der Waals surface area (Å²) in [4.78, 5) is 0. The first-order chi connectivity index (χ1) is 12.3. The fourth-order valence-electron chi connectivity index (χ4n) is 3.49. The summed E-state index contributed by atoms with van der Waals surface area (Å²) in [6.07, 6.45) is 18.5. The molecular weight excluding hydrogens is 431 g/mol. The van der Waals surface area contributed by atoms with Crippen molar-refractivity contribution in [3.63, 3.8) is 0 Å². The molecule has 0 spiro atoms. The van der Waals surface area contributed by atoms with Crippen molar-refractivity contribution in [3.05, 3.63) is 54.1 Å². The van der Waals surface area contributed by atoms with Crippen LogP contribution < -0.4 is 28.5 Å². The lowest BCUT2D eigenvalue weighted by molar-refractivity contribution is -0.702. The molecule has 2 rings (SSSR count). The highest BCUT2D eigenvalue weighted by molar-refractivity contribution is 5.15. The maximum atomic E-state index is 2.41. The van der Waals surface area contributed by atoms with Crippen molar-refractivity contribution in [2.45, 2.75) is 91.1 Å². The van der Waals surface area contributed by atoms with Gasteiger partial charge in [-0.15, -0.1) is 0 Å². The molecule has 0 saturated heterocycles. The predicted molar refractivity (Wildman–Crippen MR) is 107 cm³/mol. The molecule has 0 unspecified atom stereocenters. The van der Waals surface area contributed by atoms with E-state index in [1.54, 1.807) is 0 Å². The Bertz CT molecular complexity index is 577. The molecule has 1 aromatic carbocycles. The fourth-order valence-corrected chi connectivity index (χ4v) is 3.49. The first-order valence-electron chi connectivity index (χ1n) is 10.4. The number of benzene rings is 1. The van der Waals surface area contributed by atoms with Crippen molar-refractivity contribution in [2.75, 3.05) is 0 Å². The van der Waals surface area contributed by atoms with Crippen LogP contribution in [0.2, 0.25) is 0 Å². The van der Waals surface area contributed by atoms with Crippen molar-refractivity contribution in [1.29, 1.82) is 0 Å². The number of nitrogens with zero attached hydrogens (tertiary/aromatic N) is 2. The molecule has 0 aliphatic rings. The number of aryl methyl sites for hydroxylation is 1. The molecule has 2 aromatic rings. The summed E-state index contributed by atoms with van der Waals surface area (Å²) in [6.45, 7) is 6.65.